The van der Waals surface area contributed by atoms with Gasteiger partial charge in [-0.05, 0) is 37.0 Å². The Morgan fingerprint density at radius 3 is 2.62 bits per heavy atom. The molecule has 1 aliphatic heterocycles. The lowest BCUT2D eigenvalue weighted by molar-refractivity contribution is -0.138. The number of benzene rings is 1. The minimum Gasteiger partial charge on any atom is -0.344 e. The number of carbonyl (C=O) groups excluding carboxylic acids is 2. The van der Waals surface area contributed by atoms with E-state index >= 15 is 0 Å². The zero-order valence-corrected chi connectivity index (χ0v) is 16.9. The Morgan fingerprint density at radius 1 is 1.31 bits per heavy atom. The fraction of sp³-hybridized carbons (Fsp3) is 0.526. The summed E-state index contributed by atoms with van der Waals surface area (Å²) in [4.78, 5) is 30.8. The highest BCUT2D eigenvalue weighted by Gasteiger charge is 2.31. The van der Waals surface area contributed by atoms with Gasteiger partial charge in [-0.15, -0.1) is 11.3 Å². The molecular weight excluding hydrogens is 370 g/mol. The molecule has 1 aromatic heterocycles. The number of aromatic nitrogens is 1. The van der Waals surface area contributed by atoms with E-state index < -0.39 is 6.04 Å². The van der Waals surface area contributed by atoms with Gasteiger partial charge in [0.05, 0.1) is 15.2 Å². The Hall–Kier alpha value is -1.66. The van der Waals surface area contributed by atoms with Gasteiger partial charge in [-0.25, -0.2) is 4.98 Å². The third-order valence-corrected chi connectivity index (χ3v) is 6.25. The van der Waals surface area contributed by atoms with Crippen LogP contribution in [0.25, 0.3) is 10.2 Å². The van der Waals surface area contributed by atoms with Gasteiger partial charge >= 0.3 is 0 Å². The van der Waals surface area contributed by atoms with Crippen molar-refractivity contribution in [3.05, 3.63) is 28.2 Å². The van der Waals surface area contributed by atoms with Crippen molar-refractivity contribution in [2.24, 2.45) is 5.92 Å². The van der Waals surface area contributed by atoms with E-state index in [1.54, 1.807) is 11.3 Å². The smallest absolute Gasteiger partial charge is 0.245 e. The largest absolute Gasteiger partial charge is 0.344 e. The predicted octanol–water partition coefficient (Wildman–Crippen LogP) is 3.82. The van der Waals surface area contributed by atoms with Crippen LogP contribution < -0.4 is 5.32 Å². The second-order valence-electron chi connectivity index (χ2n) is 7.19. The van der Waals surface area contributed by atoms with Crippen LogP contribution in [0.3, 0.4) is 0 Å². The van der Waals surface area contributed by atoms with Crippen LogP contribution in [0, 0.1) is 5.92 Å². The lowest BCUT2D eigenvalue weighted by Crippen LogP contribution is -2.52. The third kappa shape index (κ3) is 4.18. The quantitative estimate of drug-likeness (QED) is 0.858. The van der Waals surface area contributed by atoms with E-state index in [1.807, 2.05) is 36.9 Å². The number of halogens is 1. The van der Waals surface area contributed by atoms with Gasteiger partial charge in [0.1, 0.15) is 6.04 Å². The highest BCUT2D eigenvalue weighted by Crippen LogP contribution is 2.34. The summed E-state index contributed by atoms with van der Waals surface area (Å²) in [6, 6.07) is 5.35. The van der Waals surface area contributed by atoms with Gasteiger partial charge in [-0.2, -0.15) is 0 Å². The molecule has 7 heteroatoms. The Morgan fingerprint density at radius 2 is 2.00 bits per heavy atom. The Kier molecular flexibility index (Phi) is 5.82. The first-order valence-corrected chi connectivity index (χ1v) is 10.2. The SMILES string of the molecule is CC(=O)NC(C(=O)N1CCC(c2nc3cc(Cl)ccc3s2)CC1)C(C)C. The molecule has 2 aromatic rings. The first-order chi connectivity index (χ1) is 12.3. The van der Waals surface area contributed by atoms with Crippen LogP contribution in [0.4, 0.5) is 0 Å². The van der Waals surface area contributed by atoms with Crippen LogP contribution in [0.2, 0.25) is 5.02 Å². The van der Waals surface area contributed by atoms with Crippen molar-refractivity contribution < 1.29 is 9.59 Å². The van der Waals surface area contributed by atoms with E-state index in [9.17, 15) is 9.59 Å². The molecule has 5 nitrogen and oxygen atoms in total. The standard InChI is InChI=1S/C19H24ClN3O2S/c1-11(2)17(21-12(3)24)19(25)23-8-6-13(7-9-23)18-22-15-10-14(20)4-5-16(15)26-18/h4-5,10-11,13,17H,6-9H2,1-3H3,(H,21,24). The molecule has 1 aromatic carbocycles. The highest BCUT2D eigenvalue weighted by molar-refractivity contribution is 7.18. The Balaban J connectivity index is 1.65. The van der Waals surface area contributed by atoms with Crippen LogP contribution in [0.15, 0.2) is 18.2 Å². The van der Waals surface area contributed by atoms with Gasteiger partial charge < -0.3 is 10.2 Å². The van der Waals surface area contributed by atoms with Crippen molar-refractivity contribution in [2.45, 2.75) is 45.6 Å². The molecule has 1 N–H and O–H groups in total. The molecule has 1 fully saturated rings. The number of hydrogen-bond acceptors (Lipinski definition) is 4. The Bertz CT molecular complexity index is 812. The van der Waals surface area contributed by atoms with E-state index in [2.05, 4.69) is 5.32 Å². The van der Waals surface area contributed by atoms with Crippen molar-refractivity contribution in [1.82, 2.24) is 15.2 Å². The van der Waals surface area contributed by atoms with Gasteiger partial charge in [-0.1, -0.05) is 25.4 Å². The molecule has 140 valence electrons. The minimum atomic E-state index is -0.450. The lowest BCUT2D eigenvalue weighted by atomic mass is 9.95. The first kappa shape index (κ1) is 19.1. The summed E-state index contributed by atoms with van der Waals surface area (Å²) < 4.78 is 1.15. The molecule has 0 aliphatic carbocycles. The Labute approximate surface area is 162 Å². The zero-order valence-electron chi connectivity index (χ0n) is 15.3. The minimum absolute atomic E-state index is 0.0183. The van der Waals surface area contributed by atoms with E-state index in [0.29, 0.717) is 24.0 Å². The number of likely N-dealkylation sites (tertiary alicyclic amines) is 1. The van der Waals surface area contributed by atoms with Crippen LogP contribution in [0.1, 0.15) is 44.5 Å². The van der Waals surface area contributed by atoms with Gasteiger partial charge in [0.2, 0.25) is 11.8 Å². The molecule has 2 heterocycles. The average Bonchev–Trinajstić information content (AvgIpc) is 3.02. The molecule has 1 saturated heterocycles. The van der Waals surface area contributed by atoms with Crippen LogP contribution in [-0.2, 0) is 9.59 Å². The molecular formula is C19H24ClN3O2S. The van der Waals surface area contributed by atoms with Gasteiger partial charge in [0, 0.05) is 31.0 Å². The second-order valence-corrected chi connectivity index (χ2v) is 8.68. The molecule has 1 unspecified atom stereocenters. The molecule has 0 spiro atoms. The topological polar surface area (TPSA) is 62.3 Å². The van der Waals surface area contributed by atoms with Gasteiger partial charge in [0.15, 0.2) is 0 Å². The molecule has 3 rings (SSSR count). The normalized spacial score (nSPS) is 16.9. The fourth-order valence-electron chi connectivity index (χ4n) is 3.37. The van der Waals surface area contributed by atoms with Crippen molar-refractivity contribution in [3.63, 3.8) is 0 Å². The highest BCUT2D eigenvalue weighted by atomic mass is 35.5. The van der Waals surface area contributed by atoms with Crippen molar-refractivity contribution in [1.29, 1.82) is 0 Å². The maximum absolute atomic E-state index is 12.8. The zero-order chi connectivity index (χ0) is 18.8. The summed E-state index contributed by atoms with van der Waals surface area (Å²) in [6.07, 6.45) is 1.79. The van der Waals surface area contributed by atoms with Gasteiger partial charge in [0.25, 0.3) is 0 Å². The molecule has 0 radical (unpaired) electrons. The van der Waals surface area contributed by atoms with Crippen molar-refractivity contribution >= 4 is 45.0 Å². The summed E-state index contributed by atoms with van der Waals surface area (Å²) in [5, 5.41) is 4.61. The maximum Gasteiger partial charge on any atom is 0.245 e. The predicted molar refractivity (Wildman–Crippen MR) is 106 cm³/mol. The number of amides is 2. The third-order valence-electron chi connectivity index (χ3n) is 4.81. The van der Waals surface area contributed by atoms with E-state index in [1.165, 1.54) is 6.92 Å². The summed E-state index contributed by atoms with van der Waals surface area (Å²) in [7, 11) is 0. The molecule has 26 heavy (non-hydrogen) atoms. The van der Waals surface area contributed by atoms with Crippen molar-refractivity contribution in [3.8, 4) is 0 Å². The summed E-state index contributed by atoms with van der Waals surface area (Å²) >= 11 is 7.76. The van der Waals surface area contributed by atoms with E-state index in [4.69, 9.17) is 16.6 Å². The van der Waals surface area contributed by atoms with E-state index in [0.717, 1.165) is 28.1 Å². The average molecular weight is 394 g/mol. The number of carbonyl (C=O) groups is 2. The van der Waals surface area contributed by atoms with Gasteiger partial charge in [-0.3, -0.25) is 9.59 Å². The molecule has 0 saturated carbocycles. The van der Waals surface area contributed by atoms with Crippen LogP contribution >= 0.6 is 22.9 Å². The first-order valence-electron chi connectivity index (χ1n) is 8.97. The number of piperidine rings is 1. The summed E-state index contributed by atoms with van der Waals surface area (Å²) in [5.41, 5.74) is 0.946. The number of nitrogens with one attached hydrogen (secondary N) is 1. The monoisotopic (exact) mass is 393 g/mol. The fourth-order valence-corrected chi connectivity index (χ4v) is 4.65. The molecule has 2 amide bonds. The molecule has 1 aliphatic rings. The van der Waals surface area contributed by atoms with Crippen LogP contribution in [0.5, 0.6) is 0 Å². The molecule has 0 bridgehead atoms. The summed E-state index contributed by atoms with van der Waals surface area (Å²) in [5.74, 6) is 0.288. The summed E-state index contributed by atoms with van der Waals surface area (Å²) in [6.45, 7) is 6.76. The molecule has 1 atom stereocenters. The number of rotatable bonds is 4. The van der Waals surface area contributed by atoms with Crippen molar-refractivity contribution in [2.75, 3.05) is 13.1 Å². The number of thiazole rings is 1. The number of hydrogen-bond donors (Lipinski definition) is 1. The number of fused-ring (bicyclic) bond motifs is 1. The second kappa shape index (κ2) is 7.92. The number of nitrogens with zero attached hydrogens (tertiary/aromatic N) is 2. The van der Waals surface area contributed by atoms with E-state index in [-0.39, 0.29) is 17.7 Å². The van der Waals surface area contributed by atoms with Crippen LogP contribution in [-0.4, -0.2) is 40.8 Å². The lowest BCUT2D eigenvalue weighted by Gasteiger charge is -2.34. The maximum atomic E-state index is 12.8.